The molecule has 0 aliphatic heterocycles. The van der Waals surface area contributed by atoms with Crippen molar-refractivity contribution in [1.29, 1.82) is 0 Å². The Balaban J connectivity index is 2.37. The van der Waals surface area contributed by atoms with Crippen LogP contribution in [0.3, 0.4) is 0 Å². The van der Waals surface area contributed by atoms with Crippen LogP contribution in [0.25, 0.3) is 0 Å². The highest BCUT2D eigenvalue weighted by atomic mass is 32.2. The Morgan fingerprint density at radius 2 is 1.84 bits per heavy atom. The molecular formula is C12H13FN4OS. The summed E-state index contributed by atoms with van der Waals surface area (Å²) in [6.45, 7) is 1.56. The molecule has 7 heteroatoms. The van der Waals surface area contributed by atoms with E-state index in [0.29, 0.717) is 15.6 Å². The summed E-state index contributed by atoms with van der Waals surface area (Å²) in [5.41, 5.74) is 11.6. The van der Waals surface area contributed by atoms with Crippen LogP contribution in [0.4, 0.5) is 16.0 Å². The standard InChI is InChI=1S/C12H13FN4OS/c1-6(18)8-4-7(13)2-3-9(8)19-12-16-10(14)5-11(15)17-12/h2-6,18H,1H3,(H4,14,15,16,17)/t6-/m0/s1. The third kappa shape index (κ3) is 3.33. The van der Waals surface area contributed by atoms with Crippen LogP contribution in [0.15, 0.2) is 34.3 Å². The van der Waals surface area contributed by atoms with E-state index in [1.54, 1.807) is 13.0 Å². The van der Waals surface area contributed by atoms with Crippen molar-refractivity contribution in [2.75, 3.05) is 11.5 Å². The number of nitrogens with zero attached hydrogens (tertiary/aromatic N) is 2. The maximum absolute atomic E-state index is 13.2. The fourth-order valence-electron chi connectivity index (χ4n) is 1.54. The van der Waals surface area contributed by atoms with Gasteiger partial charge in [0.1, 0.15) is 17.5 Å². The molecule has 0 fully saturated rings. The van der Waals surface area contributed by atoms with Crippen LogP contribution in [0.5, 0.6) is 0 Å². The van der Waals surface area contributed by atoms with Gasteiger partial charge in [0.2, 0.25) is 0 Å². The number of rotatable bonds is 3. The van der Waals surface area contributed by atoms with E-state index in [1.165, 1.54) is 30.0 Å². The first-order chi connectivity index (χ1) is 8.95. The van der Waals surface area contributed by atoms with E-state index in [4.69, 9.17) is 11.5 Å². The number of nitrogen functional groups attached to an aromatic ring is 2. The van der Waals surface area contributed by atoms with E-state index in [-0.39, 0.29) is 11.6 Å². The lowest BCUT2D eigenvalue weighted by molar-refractivity contribution is 0.196. The minimum atomic E-state index is -0.795. The molecular weight excluding hydrogens is 267 g/mol. The number of hydrogen-bond donors (Lipinski definition) is 3. The highest BCUT2D eigenvalue weighted by molar-refractivity contribution is 7.99. The Morgan fingerprint density at radius 3 is 2.42 bits per heavy atom. The number of hydrogen-bond acceptors (Lipinski definition) is 6. The lowest BCUT2D eigenvalue weighted by Gasteiger charge is -2.11. The van der Waals surface area contributed by atoms with Crippen LogP contribution in [0.1, 0.15) is 18.6 Å². The van der Waals surface area contributed by atoms with Gasteiger partial charge in [-0.2, -0.15) is 0 Å². The van der Waals surface area contributed by atoms with Gasteiger partial charge >= 0.3 is 0 Å². The van der Waals surface area contributed by atoms with Crippen LogP contribution in [0.2, 0.25) is 0 Å². The molecule has 0 aliphatic carbocycles. The van der Waals surface area contributed by atoms with E-state index in [9.17, 15) is 9.50 Å². The second kappa shape index (κ2) is 5.41. The molecule has 0 amide bonds. The highest BCUT2D eigenvalue weighted by Crippen LogP contribution is 2.32. The second-order valence-corrected chi connectivity index (χ2v) is 4.97. The van der Waals surface area contributed by atoms with Crippen molar-refractivity contribution in [1.82, 2.24) is 9.97 Å². The van der Waals surface area contributed by atoms with Gasteiger partial charge in [-0.05, 0) is 42.4 Å². The number of aliphatic hydroxyl groups is 1. The fraction of sp³-hybridized carbons (Fsp3) is 0.167. The van der Waals surface area contributed by atoms with Gasteiger partial charge in [-0.1, -0.05) is 0 Å². The van der Waals surface area contributed by atoms with Crippen molar-refractivity contribution in [2.24, 2.45) is 0 Å². The van der Waals surface area contributed by atoms with Crippen molar-refractivity contribution < 1.29 is 9.50 Å². The number of aliphatic hydroxyl groups excluding tert-OH is 1. The van der Waals surface area contributed by atoms with Crippen LogP contribution < -0.4 is 11.5 Å². The largest absolute Gasteiger partial charge is 0.389 e. The van der Waals surface area contributed by atoms with Crippen molar-refractivity contribution in [3.05, 3.63) is 35.6 Å². The second-order valence-electron chi connectivity index (χ2n) is 3.96. The summed E-state index contributed by atoms with van der Waals surface area (Å²) in [5.74, 6) is 0.111. The summed E-state index contributed by atoms with van der Waals surface area (Å²) in [6, 6.07) is 5.60. The van der Waals surface area contributed by atoms with E-state index in [0.717, 1.165) is 0 Å². The van der Waals surface area contributed by atoms with Gasteiger partial charge in [-0.3, -0.25) is 0 Å². The lowest BCUT2D eigenvalue weighted by atomic mass is 10.1. The molecule has 0 radical (unpaired) electrons. The average molecular weight is 280 g/mol. The maximum atomic E-state index is 13.2. The normalized spacial score (nSPS) is 12.4. The number of halogens is 1. The van der Waals surface area contributed by atoms with Crippen molar-refractivity contribution in [3.8, 4) is 0 Å². The van der Waals surface area contributed by atoms with E-state index in [1.807, 2.05) is 0 Å². The number of aromatic nitrogens is 2. The third-order valence-corrected chi connectivity index (χ3v) is 3.33. The summed E-state index contributed by atoms with van der Waals surface area (Å²) in [6.07, 6.45) is -0.795. The predicted molar refractivity (Wildman–Crippen MR) is 72.0 cm³/mol. The van der Waals surface area contributed by atoms with Crippen LogP contribution in [-0.4, -0.2) is 15.1 Å². The zero-order valence-corrected chi connectivity index (χ0v) is 11.0. The van der Waals surface area contributed by atoms with E-state index in [2.05, 4.69) is 9.97 Å². The molecule has 0 bridgehead atoms. The highest BCUT2D eigenvalue weighted by Gasteiger charge is 2.12. The molecule has 0 saturated carbocycles. The first kappa shape index (κ1) is 13.6. The van der Waals surface area contributed by atoms with Gasteiger partial charge in [0, 0.05) is 11.0 Å². The summed E-state index contributed by atoms with van der Waals surface area (Å²) in [5, 5.41) is 10.00. The lowest BCUT2D eigenvalue weighted by Crippen LogP contribution is -2.00. The van der Waals surface area contributed by atoms with Crippen LogP contribution in [-0.2, 0) is 0 Å². The van der Waals surface area contributed by atoms with Gasteiger partial charge in [0.05, 0.1) is 6.10 Å². The van der Waals surface area contributed by atoms with Crippen LogP contribution in [0, 0.1) is 5.82 Å². The molecule has 5 nitrogen and oxygen atoms in total. The molecule has 0 spiro atoms. The smallest absolute Gasteiger partial charge is 0.196 e. The molecule has 2 aromatic rings. The van der Waals surface area contributed by atoms with Gasteiger partial charge in [0.25, 0.3) is 0 Å². The summed E-state index contributed by atoms with van der Waals surface area (Å²) >= 11 is 1.17. The Bertz CT molecular complexity index is 586. The van der Waals surface area contributed by atoms with Crippen molar-refractivity contribution >= 4 is 23.4 Å². The molecule has 100 valence electrons. The predicted octanol–water partition coefficient (Wildman–Crippen LogP) is 1.98. The quantitative estimate of drug-likeness (QED) is 0.744. The molecule has 0 unspecified atom stereocenters. The van der Waals surface area contributed by atoms with Gasteiger partial charge < -0.3 is 16.6 Å². The first-order valence-electron chi connectivity index (χ1n) is 5.51. The molecule has 2 rings (SSSR count). The molecule has 1 atom stereocenters. The molecule has 19 heavy (non-hydrogen) atoms. The van der Waals surface area contributed by atoms with Crippen molar-refractivity contribution in [3.63, 3.8) is 0 Å². The maximum Gasteiger partial charge on any atom is 0.196 e. The molecule has 5 N–H and O–H groups in total. The Morgan fingerprint density at radius 1 is 1.21 bits per heavy atom. The molecule has 1 aromatic carbocycles. The minimum absolute atomic E-state index is 0.260. The molecule has 1 heterocycles. The molecule has 0 aliphatic rings. The van der Waals surface area contributed by atoms with Gasteiger partial charge in [-0.15, -0.1) is 0 Å². The van der Waals surface area contributed by atoms with E-state index >= 15 is 0 Å². The summed E-state index contributed by atoms with van der Waals surface area (Å²) < 4.78 is 13.2. The third-order valence-electron chi connectivity index (χ3n) is 2.37. The molecule has 1 aromatic heterocycles. The van der Waals surface area contributed by atoms with E-state index < -0.39 is 11.9 Å². The van der Waals surface area contributed by atoms with Crippen molar-refractivity contribution in [2.45, 2.75) is 23.1 Å². The zero-order valence-electron chi connectivity index (χ0n) is 10.2. The number of nitrogens with two attached hydrogens (primary N) is 2. The topological polar surface area (TPSA) is 98.0 Å². The summed E-state index contributed by atoms with van der Waals surface area (Å²) in [7, 11) is 0. The fourth-order valence-corrected chi connectivity index (χ4v) is 2.53. The monoisotopic (exact) mass is 280 g/mol. The number of benzene rings is 1. The minimum Gasteiger partial charge on any atom is -0.389 e. The Hall–Kier alpha value is -1.86. The first-order valence-corrected chi connectivity index (χ1v) is 6.33. The van der Waals surface area contributed by atoms with Gasteiger partial charge in [-0.25, -0.2) is 14.4 Å². The summed E-state index contributed by atoms with van der Waals surface area (Å²) in [4.78, 5) is 8.71. The average Bonchev–Trinajstić information content (AvgIpc) is 2.30. The SMILES string of the molecule is C[C@H](O)c1cc(F)ccc1Sc1nc(N)cc(N)n1. The van der Waals surface area contributed by atoms with Crippen LogP contribution >= 0.6 is 11.8 Å². The number of anilines is 2. The Kier molecular flexibility index (Phi) is 3.87. The Labute approximate surface area is 113 Å². The zero-order chi connectivity index (χ0) is 14.0. The molecule has 0 saturated heterocycles. The van der Waals surface area contributed by atoms with Gasteiger partial charge in [0.15, 0.2) is 5.16 Å².